The molecule has 0 fully saturated rings. The van der Waals surface area contributed by atoms with E-state index < -0.39 is 18.0 Å². The Morgan fingerprint density at radius 3 is 2.48 bits per heavy atom. The number of ether oxygens (including phenoxy) is 1. The van der Waals surface area contributed by atoms with Crippen molar-refractivity contribution in [3.8, 4) is 5.75 Å². The van der Waals surface area contributed by atoms with E-state index in [1.807, 2.05) is 6.07 Å². The number of urea groups is 1. The molecule has 2 N–H and O–H groups in total. The third-order valence-corrected chi connectivity index (χ3v) is 3.80. The van der Waals surface area contributed by atoms with Crippen molar-refractivity contribution in [3.05, 3.63) is 63.6 Å². The zero-order valence-corrected chi connectivity index (χ0v) is 14.5. The fourth-order valence-electron chi connectivity index (χ4n) is 1.84. The Labute approximate surface area is 147 Å². The summed E-state index contributed by atoms with van der Waals surface area (Å²) in [5.74, 6) is -0.132. The topological polar surface area (TPSA) is 67.4 Å². The third-order valence-electron chi connectivity index (χ3n) is 2.94. The van der Waals surface area contributed by atoms with Crippen LogP contribution in [0.15, 0.2) is 53.0 Å². The average Bonchev–Trinajstić information content (AvgIpc) is 2.54. The van der Waals surface area contributed by atoms with Crippen molar-refractivity contribution in [2.45, 2.75) is 6.10 Å². The van der Waals surface area contributed by atoms with E-state index in [0.717, 1.165) is 0 Å². The van der Waals surface area contributed by atoms with Crippen LogP contribution in [0.2, 0.25) is 5.02 Å². The fourth-order valence-corrected chi connectivity index (χ4v) is 2.61. The molecular weight excluding hydrogens is 384 g/mol. The molecule has 120 valence electrons. The number of hydrogen-bond acceptors (Lipinski definition) is 3. The molecule has 0 aliphatic rings. The van der Waals surface area contributed by atoms with Crippen LogP contribution in [0.3, 0.4) is 0 Å². The molecule has 0 aliphatic carbocycles. The number of rotatable bonds is 4. The third kappa shape index (κ3) is 4.71. The average molecular weight is 398 g/mol. The molecule has 0 aliphatic heterocycles. The monoisotopic (exact) mass is 396 g/mol. The van der Waals surface area contributed by atoms with E-state index in [9.17, 15) is 9.59 Å². The molecule has 0 saturated carbocycles. The van der Waals surface area contributed by atoms with Gasteiger partial charge in [0.1, 0.15) is 5.75 Å². The molecule has 0 radical (unpaired) electrons. The quantitative estimate of drug-likeness (QED) is 0.827. The molecule has 3 amide bonds. The number of halogens is 2. The van der Waals surface area contributed by atoms with Gasteiger partial charge in [0.15, 0.2) is 0 Å². The minimum atomic E-state index is -0.981. The molecule has 0 saturated heterocycles. The molecule has 1 atom stereocenters. The number of carbonyl (C=O) groups is 2. The van der Waals surface area contributed by atoms with Gasteiger partial charge in [0, 0.05) is 17.6 Å². The van der Waals surface area contributed by atoms with Crippen LogP contribution in [0, 0.1) is 0 Å². The number of benzene rings is 2. The molecule has 0 heterocycles. The molecule has 23 heavy (non-hydrogen) atoms. The maximum Gasteiger partial charge on any atom is 0.321 e. The summed E-state index contributed by atoms with van der Waals surface area (Å²) in [6.45, 7) is 0. The summed E-state index contributed by atoms with van der Waals surface area (Å²) in [5.41, 5.74) is 0.621. The highest BCUT2D eigenvalue weighted by molar-refractivity contribution is 9.10. The van der Waals surface area contributed by atoms with E-state index in [-0.39, 0.29) is 0 Å². The lowest BCUT2D eigenvalue weighted by atomic mass is 10.1. The first-order valence-corrected chi connectivity index (χ1v) is 7.87. The number of nitrogens with one attached hydrogen (secondary N) is 2. The van der Waals surface area contributed by atoms with Gasteiger partial charge in [-0.25, -0.2) is 4.79 Å². The Hall–Kier alpha value is -2.05. The van der Waals surface area contributed by atoms with Crippen molar-refractivity contribution in [2.75, 3.05) is 7.05 Å². The summed E-state index contributed by atoms with van der Waals surface area (Å²) in [7, 11) is 1.43. The van der Waals surface area contributed by atoms with E-state index in [1.54, 1.807) is 42.5 Å². The molecule has 0 bridgehead atoms. The van der Waals surface area contributed by atoms with E-state index in [1.165, 1.54) is 7.05 Å². The Kier molecular flexibility index (Phi) is 6.01. The largest absolute Gasteiger partial charge is 0.475 e. The van der Waals surface area contributed by atoms with Gasteiger partial charge >= 0.3 is 6.03 Å². The predicted octanol–water partition coefficient (Wildman–Crippen LogP) is 3.68. The summed E-state index contributed by atoms with van der Waals surface area (Å²) in [6, 6.07) is 13.3. The lowest BCUT2D eigenvalue weighted by molar-refractivity contribution is -0.127. The smallest absolute Gasteiger partial charge is 0.321 e. The molecule has 7 heteroatoms. The van der Waals surface area contributed by atoms with Crippen LogP contribution in [0.1, 0.15) is 11.7 Å². The van der Waals surface area contributed by atoms with Crippen LogP contribution in [-0.2, 0) is 4.79 Å². The number of carbonyl (C=O) groups excluding carboxylic acids is 2. The molecular formula is C16H14BrClN2O3. The van der Waals surface area contributed by atoms with Crippen molar-refractivity contribution in [3.63, 3.8) is 0 Å². The fraction of sp³-hybridized carbons (Fsp3) is 0.125. The van der Waals surface area contributed by atoms with Gasteiger partial charge in [-0.2, -0.15) is 0 Å². The zero-order valence-electron chi connectivity index (χ0n) is 12.2. The van der Waals surface area contributed by atoms with Gasteiger partial charge in [0.2, 0.25) is 6.10 Å². The lowest BCUT2D eigenvalue weighted by Gasteiger charge is -2.19. The van der Waals surface area contributed by atoms with Crippen LogP contribution in [0.25, 0.3) is 0 Å². The standard InChI is InChI=1S/C16H14BrClN2O3/c1-19-16(22)20-15(21)14(10-5-3-2-4-6-10)23-13-8-7-11(18)9-12(13)17/h2-9,14H,1H3,(H2,19,20,21,22). The Bertz CT molecular complexity index is 710. The Morgan fingerprint density at radius 1 is 1.17 bits per heavy atom. The first-order chi connectivity index (χ1) is 11.0. The van der Waals surface area contributed by atoms with Gasteiger partial charge in [-0.05, 0) is 34.1 Å². The highest BCUT2D eigenvalue weighted by Gasteiger charge is 2.25. The van der Waals surface area contributed by atoms with Gasteiger partial charge in [-0.3, -0.25) is 10.1 Å². The molecule has 1 unspecified atom stereocenters. The summed E-state index contributed by atoms with van der Waals surface area (Å²) >= 11 is 9.24. The molecule has 2 rings (SSSR count). The summed E-state index contributed by atoms with van der Waals surface area (Å²) in [5, 5.41) is 5.09. The Morgan fingerprint density at radius 2 is 1.87 bits per heavy atom. The van der Waals surface area contributed by atoms with Gasteiger partial charge in [0.25, 0.3) is 5.91 Å². The second-order valence-electron chi connectivity index (χ2n) is 4.55. The molecule has 2 aromatic rings. The predicted molar refractivity (Wildman–Crippen MR) is 91.6 cm³/mol. The molecule has 0 aromatic heterocycles. The first-order valence-electron chi connectivity index (χ1n) is 6.70. The van der Waals surface area contributed by atoms with Crippen LogP contribution in [0.4, 0.5) is 4.79 Å². The molecule has 2 aromatic carbocycles. The summed E-state index contributed by atoms with van der Waals surface area (Å²) in [4.78, 5) is 23.8. The van der Waals surface area contributed by atoms with Crippen LogP contribution >= 0.6 is 27.5 Å². The number of hydrogen-bond donors (Lipinski definition) is 2. The van der Waals surface area contributed by atoms with Gasteiger partial charge < -0.3 is 10.1 Å². The van der Waals surface area contributed by atoms with E-state index in [2.05, 4.69) is 26.6 Å². The SMILES string of the molecule is CNC(=O)NC(=O)C(Oc1ccc(Cl)cc1Br)c1ccccc1. The highest BCUT2D eigenvalue weighted by atomic mass is 79.9. The van der Waals surface area contributed by atoms with Gasteiger partial charge in [-0.15, -0.1) is 0 Å². The molecule has 0 spiro atoms. The maximum atomic E-state index is 12.4. The molecule has 5 nitrogen and oxygen atoms in total. The number of amides is 3. The van der Waals surface area contributed by atoms with Crippen LogP contribution in [-0.4, -0.2) is 19.0 Å². The van der Waals surface area contributed by atoms with Crippen molar-refractivity contribution in [2.24, 2.45) is 0 Å². The van der Waals surface area contributed by atoms with Crippen LogP contribution < -0.4 is 15.4 Å². The van der Waals surface area contributed by atoms with E-state index in [4.69, 9.17) is 16.3 Å². The second kappa shape index (κ2) is 7.99. The van der Waals surface area contributed by atoms with Crippen molar-refractivity contribution < 1.29 is 14.3 Å². The van der Waals surface area contributed by atoms with E-state index in [0.29, 0.717) is 20.8 Å². The maximum absolute atomic E-state index is 12.4. The summed E-state index contributed by atoms with van der Waals surface area (Å²) < 4.78 is 6.41. The normalized spacial score (nSPS) is 11.4. The minimum Gasteiger partial charge on any atom is -0.475 e. The van der Waals surface area contributed by atoms with Crippen LogP contribution in [0.5, 0.6) is 5.75 Å². The zero-order chi connectivity index (χ0) is 16.8. The van der Waals surface area contributed by atoms with Crippen molar-refractivity contribution in [1.29, 1.82) is 0 Å². The Balaban J connectivity index is 2.30. The minimum absolute atomic E-state index is 0.440. The van der Waals surface area contributed by atoms with Gasteiger partial charge in [-0.1, -0.05) is 41.9 Å². The second-order valence-corrected chi connectivity index (χ2v) is 5.84. The summed E-state index contributed by atoms with van der Waals surface area (Å²) in [6.07, 6.45) is -0.981. The first kappa shape index (κ1) is 17.3. The highest BCUT2D eigenvalue weighted by Crippen LogP contribution is 2.31. The lowest BCUT2D eigenvalue weighted by Crippen LogP contribution is -2.41. The van der Waals surface area contributed by atoms with Gasteiger partial charge in [0.05, 0.1) is 4.47 Å². The number of imide groups is 1. The van der Waals surface area contributed by atoms with Crippen molar-refractivity contribution in [1.82, 2.24) is 10.6 Å². The van der Waals surface area contributed by atoms with E-state index >= 15 is 0 Å². The van der Waals surface area contributed by atoms with Crippen molar-refractivity contribution >= 4 is 39.5 Å².